The summed E-state index contributed by atoms with van der Waals surface area (Å²) in [6.45, 7) is 0. The number of hydrazone groups is 2. The van der Waals surface area contributed by atoms with Crippen LogP contribution in [0.15, 0.2) is 88.7 Å². The highest BCUT2D eigenvalue weighted by Crippen LogP contribution is 2.30. The molecule has 0 spiro atoms. The van der Waals surface area contributed by atoms with E-state index in [0.29, 0.717) is 40.4 Å². The van der Waals surface area contributed by atoms with Crippen LogP contribution in [0.4, 0.5) is 11.4 Å². The van der Waals surface area contributed by atoms with Crippen molar-refractivity contribution in [2.45, 2.75) is 18.6 Å². The van der Waals surface area contributed by atoms with Gasteiger partial charge in [0.2, 0.25) is 0 Å². The highest BCUT2D eigenvalue weighted by Gasteiger charge is 2.29. The van der Waals surface area contributed by atoms with Gasteiger partial charge in [0.15, 0.2) is 5.75 Å². The number of aliphatic hydroxyl groups excluding tert-OH is 1. The van der Waals surface area contributed by atoms with E-state index in [2.05, 4.69) is 10.2 Å². The number of nitro groups is 2. The molecule has 4 rings (SSSR count). The van der Waals surface area contributed by atoms with E-state index in [1.165, 1.54) is 40.4 Å². The van der Waals surface area contributed by atoms with Crippen molar-refractivity contribution in [3.05, 3.63) is 121 Å². The molecule has 0 saturated heterocycles. The zero-order valence-corrected chi connectivity index (χ0v) is 25.0. The Bertz CT molecular complexity index is 1700. The fourth-order valence-electron chi connectivity index (χ4n) is 4.57. The summed E-state index contributed by atoms with van der Waals surface area (Å²) < 4.78 is 11.0. The van der Waals surface area contributed by atoms with E-state index in [0.717, 1.165) is 11.1 Å². The van der Waals surface area contributed by atoms with Gasteiger partial charge >= 0.3 is 5.69 Å². The van der Waals surface area contributed by atoms with Crippen LogP contribution in [0.2, 0.25) is 0 Å². The number of phenolic OH excluding ortho intramolecular Hbond substituents is 1. The number of aromatic hydroxyl groups is 1. The first-order chi connectivity index (χ1) is 21.5. The number of nitro benzene ring substituents is 1. The van der Waals surface area contributed by atoms with Crippen LogP contribution in [0.5, 0.6) is 17.2 Å². The van der Waals surface area contributed by atoms with Crippen molar-refractivity contribution >= 4 is 23.8 Å². The van der Waals surface area contributed by atoms with Crippen LogP contribution in [0.3, 0.4) is 0 Å². The molecule has 0 aliphatic heterocycles. The molecule has 14 nitrogen and oxygen atoms in total. The second-order valence-corrected chi connectivity index (χ2v) is 10.0. The average molecular weight is 617 g/mol. The summed E-state index contributed by atoms with van der Waals surface area (Å²) in [6, 6.07) is 14.2. The Balaban J connectivity index is 1.52. The number of anilines is 1. The smallest absolute Gasteiger partial charge is 0.310 e. The molecule has 0 amide bonds. The molecule has 3 aromatic carbocycles. The molecule has 3 aromatic rings. The van der Waals surface area contributed by atoms with Crippen LogP contribution in [0.25, 0.3) is 0 Å². The Morgan fingerprint density at radius 2 is 1.47 bits per heavy atom. The normalized spacial score (nSPS) is 16.1. The lowest BCUT2D eigenvalue weighted by atomic mass is 10.0. The van der Waals surface area contributed by atoms with Crippen LogP contribution < -0.4 is 14.5 Å². The number of nitrogens with zero attached hydrogens (tertiary/aromatic N) is 6. The van der Waals surface area contributed by atoms with Gasteiger partial charge in [0, 0.05) is 42.3 Å². The van der Waals surface area contributed by atoms with E-state index in [-0.39, 0.29) is 0 Å². The fraction of sp³-hybridized carbons (Fsp3) is 0.226. The number of aliphatic hydroxyl groups is 1. The van der Waals surface area contributed by atoms with Crippen LogP contribution in [0.1, 0.15) is 22.3 Å². The quantitative estimate of drug-likeness (QED) is 0.171. The number of ether oxygens (including phenoxy) is 2. The molecular weight excluding hydrogens is 584 g/mol. The number of allylic oxidation sites excluding steroid dienone is 1. The summed E-state index contributed by atoms with van der Waals surface area (Å²) in [6.07, 6.45) is 6.77. The van der Waals surface area contributed by atoms with E-state index in [4.69, 9.17) is 9.47 Å². The summed E-state index contributed by atoms with van der Waals surface area (Å²) in [4.78, 5) is 20.8. The third-order valence-electron chi connectivity index (χ3n) is 7.04. The molecule has 0 aromatic heterocycles. The zero-order valence-electron chi connectivity index (χ0n) is 25.0. The topological polar surface area (TPSA) is 176 Å². The van der Waals surface area contributed by atoms with E-state index in [9.17, 15) is 30.4 Å². The first-order valence-corrected chi connectivity index (χ1v) is 13.6. The average Bonchev–Trinajstić information content (AvgIpc) is 3.02. The van der Waals surface area contributed by atoms with E-state index >= 15 is 0 Å². The first-order valence-electron chi connectivity index (χ1n) is 13.6. The Kier molecular flexibility index (Phi) is 10.1. The van der Waals surface area contributed by atoms with Gasteiger partial charge in [-0.25, -0.2) is 0 Å². The SMILES string of the molecule is COc1ccc(Cc2ccc(OC)c(/C=N/N(C)c3ccc([N+](=O)[O-])c(O)c3)c2)cc1/C=N/N(C)C1=CC(O)C([N+](=O)[O-])C=C1. The standard InChI is InChI=1S/C31H32N6O8/c1-34(24-7-9-26(36(40)41)28(38)16-24)32-18-22-14-20(5-11-30(22)44-3)13-21-6-12-31(45-4)23(15-21)19-33-35(2)25-8-10-27(37(42)43)29(39)17-25/h5-12,14-19,26,28,38-39H,13H2,1-4H3/b32-18+,33-19+. The van der Waals surface area contributed by atoms with Crippen molar-refractivity contribution < 1.29 is 29.5 Å². The van der Waals surface area contributed by atoms with Crippen molar-refractivity contribution in [2.75, 3.05) is 33.3 Å². The fourth-order valence-corrected chi connectivity index (χ4v) is 4.57. The first kappa shape index (κ1) is 32.2. The second-order valence-electron chi connectivity index (χ2n) is 10.0. The van der Waals surface area contributed by atoms with Gasteiger partial charge < -0.3 is 19.7 Å². The number of hydrogen-bond donors (Lipinski definition) is 2. The van der Waals surface area contributed by atoms with Gasteiger partial charge in [-0.1, -0.05) is 12.1 Å². The Hall–Kier alpha value is -5.76. The van der Waals surface area contributed by atoms with Crippen molar-refractivity contribution in [2.24, 2.45) is 10.2 Å². The maximum atomic E-state index is 11.1. The van der Waals surface area contributed by atoms with E-state index in [1.54, 1.807) is 46.8 Å². The number of hydrogen-bond acceptors (Lipinski definition) is 12. The minimum atomic E-state index is -1.26. The number of phenols is 1. The molecule has 14 heteroatoms. The Morgan fingerprint density at radius 3 is 1.96 bits per heavy atom. The Labute approximate surface area is 258 Å². The third kappa shape index (κ3) is 7.80. The number of likely N-dealkylation sites (N-methyl/N-ethyl adjacent to an activating group) is 1. The third-order valence-corrected chi connectivity index (χ3v) is 7.04. The summed E-state index contributed by atoms with van der Waals surface area (Å²) in [5, 5.41) is 54.0. The summed E-state index contributed by atoms with van der Waals surface area (Å²) in [5.41, 5.74) is 3.90. The highest BCUT2D eigenvalue weighted by atomic mass is 16.6. The molecule has 2 unspecified atom stereocenters. The molecule has 234 valence electrons. The van der Waals surface area contributed by atoms with Crippen molar-refractivity contribution in [1.82, 2.24) is 5.01 Å². The van der Waals surface area contributed by atoms with Crippen molar-refractivity contribution in [3.8, 4) is 17.2 Å². The minimum Gasteiger partial charge on any atom is -0.502 e. The van der Waals surface area contributed by atoms with Gasteiger partial charge in [0.25, 0.3) is 6.04 Å². The molecule has 0 bridgehead atoms. The van der Waals surface area contributed by atoms with Gasteiger partial charge in [-0.2, -0.15) is 10.2 Å². The summed E-state index contributed by atoms with van der Waals surface area (Å²) in [7, 11) is 6.43. The van der Waals surface area contributed by atoms with Crippen LogP contribution >= 0.6 is 0 Å². The molecule has 0 radical (unpaired) electrons. The number of methoxy groups -OCH3 is 2. The zero-order chi connectivity index (χ0) is 32.7. The molecule has 0 heterocycles. The molecule has 2 N–H and O–H groups in total. The summed E-state index contributed by atoms with van der Waals surface area (Å²) >= 11 is 0. The van der Waals surface area contributed by atoms with Gasteiger partial charge in [-0.05, 0) is 66.1 Å². The van der Waals surface area contributed by atoms with Crippen molar-refractivity contribution in [3.63, 3.8) is 0 Å². The summed E-state index contributed by atoms with van der Waals surface area (Å²) in [5.74, 6) is 0.733. The van der Waals surface area contributed by atoms with Crippen LogP contribution in [-0.2, 0) is 6.42 Å². The molecular formula is C31H32N6O8. The van der Waals surface area contributed by atoms with Crippen LogP contribution in [-0.4, -0.2) is 78.0 Å². The minimum absolute atomic E-state index is 0.392. The van der Waals surface area contributed by atoms with Crippen LogP contribution in [0, 0.1) is 20.2 Å². The number of rotatable bonds is 12. The van der Waals surface area contributed by atoms with Gasteiger partial charge in [-0.15, -0.1) is 0 Å². The predicted octanol–water partition coefficient (Wildman–Crippen LogP) is 4.10. The molecule has 2 atom stereocenters. The lowest BCUT2D eigenvalue weighted by Crippen LogP contribution is -2.33. The maximum Gasteiger partial charge on any atom is 0.310 e. The number of benzene rings is 3. The highest BCUT2D eigenvalue weighted by molar-refractivity contribution is 5.85. The maximum absolute atomic E-state index is 11.1. The van der Waals surface area contributed by atoms with Gasteiger partial charge in [-0.3, -0.25) is 30.2 Å². The molecule has 1 aliphatic carbocycles. The molecule has 0 saturated carbocycles. The predicted molar refractivity (Wildman–Crippen MR) is 169 cm³/mol. The lowest BCUT2D eigenvalue weighted by molar-refractivity contribution is -0.518. The van der Waals surface area contributed by atoms with Gasteiger partial charge in [0.05, 0.1) is 43.0 Å². The lowest BCUT2D eigenvalue weighted by Gasteiger charge is -2.20. The van der Waals surface area contributed by atoms with E-state index < -0.39 is 33.4 Å². The van der Waals surface area contributed by atoms with Crippen molar-refractivity contribution in [1.29, 1.82) is 0 Å². The Morgan fingerprint density at radius 1 is 0.889 bits per heavy atom. The second kappa shape index (κ2) is 14.1. The molecule has 1 aliphatic rings. The molecule has 45 heavy (non-hydrogen) atoms. The van der Waals surface area contributed by atoms with E-state index in [1.807, 2.05) is 36.4 Å². The largest absolute Gasteiger partial charge is 0.502 e. The monoisotopic (exact) mass is 616 g/mol. The van der Waals surface area contributed by atoms with Gasteiger partial charge in [0.1, 0.15) is 17.6 Å². The molecule has 0 fully saturated rings.